The highest BCUT2D eigenvalue weighted by atomic mass is 19.1. The average Bonchev–Trinajstić information content (AvgIpc) is 2.73. The summed E-state index contributed by atoms with van der Waals surface area (Å²) in [6, 6.07) is 13.0. The largest absolute Gasteiger partial charge is 0.497 e. The Morgan fingerprint density at radius 2 is 1.68 bits per heavy atom. The molecule has 148 valence electrons. The third kappa shape index (κ3) is 4.68. The summed E-state index contributed by atoms with van der Waals surface area (Å²) >= 11 is 0. The third-order valence-electron chi connectivity index (χ3n) is 5.22. The molecule has 5 nitrogen and oxygen atoms in total. The fourth-order valence-electron chi connectivity index (χ4n) is 3.43. The molecule has 0 unspecified atom stereocenters. The molecular weight excluding hydrogens is 359 g/mol. The van der Waals surface area contributed by atoms with Gasteiger partial charge in [-0.15, -0.1) is 0 Å². The Bertz CT molecular complexity index is 813. The molecule has 1 saturated heterocycles. The number of ether oxygens (including phenoxy) is 1. The van der Waals surface area contributed by atoms with E-state index in [0.29, 0.717) is 37.2 Å². The molecule has 1 aliphatic heterocycles. The van der Waals surface area contributed by atoms with Crippen molar-refractivity contribution in [1.82, 2.24) is 10.2 Å². The van der Waals surface area contributed by atoms with Crippen LogP contribution in [0.1, 0.15) is 41.7 Å². The average molecular weight is 384 g/mol. The lowest BCUT2D eigenvalue weighted by atomic mass is 9.94. The molecule has 2 aromatic carbocycles. The fourth-order valence-corrected chi connectivity index (χ4v) is 3.43. The van der Waals surface area contributed by atoms with Crippen LogP contribution < -0.4 is 10.1 Å². The van der Waals surface area contributed by atoms with Crippen molar-refractivity contribution in [3.05, 3.63) is 65.5 Å². The zero-order chi connectivity index (χ0) is 20.1. The van der Waals surface area contributed by atoms with Gasteiger partial charge >= 0.3 is 0 Å². The van der Waals surface area contributed by atoms with Gasteiger partial charge in [0.1, 0.15) is 11.6 Å². The molecule has 1 aliphatic rings. The molecule has 0 spiro atoms. The molecule has 0 aliphatic carbocycles. The first-order chi connectivity index (χ1) is 13.5. The lowest BCUT2D eigenvalue weighted by Gasteiger charge is -2.32. The summed E-state index contributed by atoms with van der Waals surface area (Å²) in [6.45, 7) is 2.98. The van der Waals surface area contributed by atoms with Gasteiger partial charge in [-0.3, -0.25) is 9.59 Å². The fraction of sp³-hybridized carbons (Fsp3) is 0.364. The molecule has 1 fully saturated rings. The SMILES string of the molecule is COc1ccc(C(=O)N2CCC(C(=O)N[C@@H](C)c3ccc(F)cc3)CC2)cc1. The number of hydrogen-bond donors (Lipinski definition) is 1. The highest BCUT2D eigenvalue weighted by Gasteiger charge is 2.28. The van der Waals surface area contributed by atoms with Crippen LogP contribution in [-0.4, -0.2) is 36.9 Å². The monoisotopic (exact) mass is 384 g/mol. The van der Waals surface area contributed by atoms with Crippen LogP contribution in [0.4, 0.5) is 4.39 Å². The van der Waals surface area contributed by atoms with E-state index < -0.39 is 0 Å². The summed E-state index contributed by atoms with van der Waals surface area (Å²) in [5.41, 5.74) is 1.48. The Labute approximate surface area is 164 Å². The van der Waals surface area contributed by atoms with E-state index >= 15 is 0 Å². The normalized spacial score (nSPS) is 15.8. The molecule has 2 amide bonds. The number of amides is 2. The Kier molecular flexibility index (Phi) is 6.29. The number of piperidine rings is 1. The Balaban J connectivity index is 1.51. The Morgan fingerprint density at radius 3 is 2.25 bits per heavy atom. The predicted molar refractivity (Wildman–Crippen MR) is 105 cm³/mol. The molecule has 3 rings (SSSR count). The molecule has 1 atom stereocenters. The van der Waals surface area contributed by atoms with Crippen molar-refractivity contribution in [3.8, 4) is 5.75 Å². The number of nitrogens with one attached hydrogen (secondary N) is 1. The molecule has 1 heterocycles. The first-order valence-corrected chi connectivity index (χ1v) is 9.47. The van der Waals surface area contributed by atoms with Crippen LogP contribution in [0.5, 0.6) is 5.75 Å². The Hall–Kier alpha value is -2.89. The number of hydrogen-bond acceptors (Lipinski definition) is 3. The second-order valence-electron chi connectivity index (χ2n) is 7.08. The zero-order valence-electron chi connectivity index (χ0n) is 16.2. The minimum atomic E-state index is -0.295. The van der Waals surface area contributed by atoms with Crippen molar-refractivity contribution in [2.45, 2.75) is 25.8 Å². The van der Waals surface area contributed by atoms with Crippen LogP contribution in [0.2, 0.25) is 0 Å². The lowest BCUT2D eigenvalue weighted by Crippen LogP contribution is -2.43. The van der Waals surface area contributed by atoms with Crippen LogP contribution in [0, 0.1) is 11.7 Å². The van der Waals surface area contributed by atoms with Crippen molar-refractivity contribution in [1.29, 1.82) is 0 Å². The molecule has 0 saturated carbocycles. The van der Waals surface area contributed by atoms with Gasteiger partial charge in [0, 0.05) is 24.6 Å². The molecule has 1 N–H and O–H groups in total. The lowest BCUT2D eigenvalue weighted by molar-refractivity contribution is -0.126. The standard InChI is InChI=1S/C22H25FN2O3/c1-15(16-3-7-19(23)8-4-16)24-21(26)17-11-13-25(14-12-17)22(27)18-5-9-20(28-2)10-6-18/h3-10,15,17H,11-14H2,1-2H3,(H,24,26)/t15-/m0/s1. The number of carbonyl (C=O) groups excluding carboxylic acids is 2. The number of methoxy groups -OCH3 is 1. The minimum absolute atomic E-state index is 0.0200. The maximum atomic E-state index is 13.0. The van der Waals surface area contributed by atoms with Gasteiger partial charge < -0.3 is 15.0 Å². The van der Waals surface area contributed by atoms with Crippen LogP contribution in [0.3, 0.4) is 0 Å². The highest BCUT2D eigenvalue weighted by Crippen LogP contribution is 2.22. The van der Waals surface area contributed by atoms with E-state index in [0.717, 1.165) is 5.56 Å². The van der Waals surface area contributed by atoms with E-state index in [9.17, 15) is 14.0 Å². The summed E-state index contributed by atoms with van der Waals surface area (Å²) in [4.78, 5) is 27.0. The second kappa shape index (κ2) is 8.87. The smallest absolute Gasteiger partial charge is 0.253 e. The maximum absolute atomic E-state index is 13.0. The molecule has 0 radical (unpaired) electrons. The van der Waals surface area contributed by atoms with Gasteiger partial charge in [-0.25, -0.2) is 4.39 Å². The first-order valence-electron chi connectivity index (χ1n) is 9.47. The number of carbonyl (C=O) groups is 2. The minimum Gasteiger partial charge on any atom is -0.497 e. The van der Waals surface area contributed by atoms with Gasteiger partial charge in [-0.2, -0.15) is 0 Å². The first kappa shape index (κ1) is 19.9. The van der Waals surface area contributed by atoms with Gasteiger partial charge in [-0.1, -0.05) is 12.1 Å². The van der Waals surface area contributed by atoms with E-state index in [1.165, 1.54) is 12.1 Å². The van der Waals surface area contributed by atoms with Gasteiger partial charge in [0.25, 0.3) is 5.91 Å². The summed E-state index contributed by atoms with van der Waals surface area (Å²) in [7, 11) is 1.59. The van der Waals surface area contributed by atoms with E-state index in [2.05, 4.69) is 5.32 Å². The van der Waals surface area contributed by atoms with Gasteiger partial charge in [-0.05, 0) is 61.7 Å². The topological polar surface area (TPSA) is 58.6 Å². The van der Waals surface area contributed by atoms with Crippen LogP contribution in [0.15, 0.2) is 48.5 Å². The highest BCUT2D eigenvalue weighted by molar-refractivity contribution is 5.94. The van der Waals surface area contributed by atoms with Crippen molar-refractivity contribution >= 4 is 11.8 Å². The summed E-state index contributed by atoms with van der Waals surface area (Å²) in [6.07, 6.45) is 1.26. The van der Waals surface area contributed by atoms with E-state index in [-0.39, 0.29) is 29.6 Å². The van der Waals surface area contributed by atoms with Gasteiger partial charge in [0.2, 0.25) is 5.91 Å². The second-order valence-corrected chi connectivity index (χ2v) is 7.08. The summed E-state index contributed by atoms with van der Waals surface area (Å²) < 4.78 is 18.2. The molecule has 6 heteroatoms. The predicted octanol–water partition coefficient (Wildman–Crippen LogP) is 3.56. The molecular formula is C22H25FN2O3. The van der Waals surface area contributed by atoms with Crippen molar-refractivity contribution < 1.29 is 18.7 Å². The molecule has 0 aromatic heterocycles. The van der Waals surface area contributed by atoms with Crippen molar-refractivity contribution in [3.63, 3.8) is 0 Å². The summed E-state index contributed by atoms with van der Waals surface area (Å²) in [5.74, 6) is 0.246. The van der Waals surface area contributed by atoms with Crippen molar-refractivity contribution in [2.24, 2.45) is 5.92 Å². The maximum Gasteiger partial charge on any atom is 0.253 e. The van der Waals surface area contributed by atoms with Crippen LogP contribution in [-0.2, 0) is 4.79 Å². The van der Waals surface area contributed by atoms with Gasteiger partial charge in [0.05, 0.1) is 13.2 Å². The summed E-state index contributed by atoms with van der Waals surface area (Å²) in [5, 5.41) is 3.00. The van der Waals surface area contributed by atoms with Crippen LogP contribution in [0.25, 0.3) is 0 Å². The quantitative estimate of drug-likeness (QED) is 0.858. The van der Waals surface area contributed by atoms with Crippen molar-refractivity contribution in [2.75, 3.05) is 20.2 Å². The number of nitrogens with zero attached hydrogens (tertiary/aromatic N) is 1. The zero-order valence-corrected chi connectivity index (χ0v) is 16.2. The number of halogens is 1. The third-order valence-corrected chi connectivity index (χ3v) is 5.22. The number of likely N-dealkylation sites (tertiary alicyclic amines) is 1. The van der Waals surface area contributed by atoms with Gasteiger partial charge in [0.15, 0.2) is 0 Å². The Morgan fingerprint density at radius 1 is 1.07 bits per heavy atom. The van der Waals surface area contributed by atoms with E-state index in [1.807, 2.05) is 6.92 Å². The van der Waals surface area contributed by atoms with E-state index in [1.54, 1.807) is 48.4 Å². The number of benzene rings is 2. The molecule has 0 bridgehead atoms. The molecule has 28 heavy (non-hydrogen) atoms. The van der Waals surface area contributed by atoms with Crippen LogP contribution >= 0.6 is 0 Å². The van der Waals surface area contributed by atoms with E-state index in [4.69, 9.17) is 4.74 Å². The molecule has 2 aromatic rings. The number of rotatable bonds is 5.